The maximum atomic E-state index is 13.9. The molecule has 1 aromatic heterocycles. The number of nitrogens with one attached hydrogen (secondary N) is 1. The summed E-state index contributed by atoms with van der Waals surface area (Å²) in [4.78, 5) is 14.7. The van der Waals surface area contributed by atoms with Crippen LogP contribution in [0, 0.1) is 5.92 Å². The van der Waals surface area contributed by atoms with Gasteiger partial charge in [-0.15, -0.1) is 11.3 Å². The molecule has 0 radical (unpaired) electrons. The van der Waals surface area contributed by atoms with Crippen LogP contribution < -0.4 is 5.32 Å². The minimum Gasteiger partial charge on any atom is -0.458 e. The predicted octanol–water partition coefficient (Wildman–Crippen LogP) is 5.47. The van der Waals surface area contributed by atoms with E-state index in [-0.39, 0.29) is 12.1 Å². The van der Waals surface area contributed by atoms with Gasteiger partial charge in [0.2, 0.25) is 5.60 Å². The molecule has 1 saturated heterocycles. The normalized spacial score (nSPS) is 28.8. The van der Waals surface area contributed by atoms with Crippen LogP contribution in [0.1, 0.15) is 86.1 Å². The molecule has 3 aliphatic rings. The van der Waals surface area contributed by atoms with Gasteiger partial charge in [-0.05, 0) is 54.2 Å². The van der Waals surface area contributed by atoms with E-state index in [9.17, 15) is 9.90 Å². The fourth-order valence-corrected chi connectivity index (χ4v) is 7.33. The Hall–Kier alpha value is -1.69. The molecular formula is C27H35NO3S. The van der Waals surface area contributed by atoms with Crippen LogP contribution in [0.2, 0.25) is 0 Å². The van der Waals surface area contributed by atoms with Crippen LogP contribution in [0.3, 0.4) is 0 Å². The molecule has 5 rings (SSSR count). The number of hydrogen-bond acceptors (Lipinski definition) is 5. The molecule has 1 aliphatic heterocycles. The van der Waals surface area contributed by atoms with Crippen molar-refractivity contribution in [1.82, 2.24) is 5.32 Å². The number of ether oxygens (including phenoxy) is 1. The van der Waals surface area contributed by atoms with Gasteiger partial charge < -0.3 is 15.2 Å². The highest BCUT2D eigenvalue weighted by molar-refractivity contribution is 7.10. The Labute approximate surface area is 195 Å². The smallest absolute Gasteiger partial charge is 0.344 e. The molecule has 2 aromatic rings. The summed E-state index contributed by atoms with van der Waals surface area (Å²) in [7, 11) is 0. The van der Waals surface area contributed by atoms with E-state index in [1.165, 1.54) is 37.0 Å². The van der Waals surface area contributed by atoms with Gasteiger partial charge in [0.1, 0.15) is 6.10 Å². The van der Waals surface area contributed by atoms with Crippen LogP contribution in [-0.2, 0) is 15.1 Å². The molecule has 172 valence electrons. The van der Waals surface area contributed by atoms with Gasteiger partial charge in [0.25, 0.3) is 0 Å². The third-order valence-corrected chi connectivity index (χ3v) is 9.22. The zero-order chi connectivity index (χ0) is 22.1. The van der Waals surface area contributed by atoms with Gasteiger partial charge in [-0.25, -0.2) is 4.79 Å². The first-order valence-electron chi connectivity index (χ1n) is 12.4. The first-order chi connectivity index (χ1) is 15.6. The Kier molecular flexibility index (Phi) is 6.42. The summed E-state index contributed by atoms with van der Waals surface area (Å²) >= 11 is 1.52. The van der Waals surface area contributed by atoms with Crippen molar-refractivity contribution in [3.05, 3.63) is 57.8 Å². The van der Waals surface area contributed by atoms with E-state index in [4.69, 9.17) is 4.74 Å². The van der Waals surface area contributed by atoms with Crippen molar-refractivity contribution in [2.75, 3.05) is 6.54 Å². The largest absolute Gasteiger partial charge is 0.458 e. The van der Waals surface area contributed by atoms with Crippen molar-refractivity contribution in [2.24, 2.45) is 5.92 Å². The summed E-state index contributed by atoms with van der Waals surface area (Å²) in [5.41, 5.74) is 0.436. The second-order valence-corrected chi connectivity index (χ2v) is 10.9. The maximum absolute atomic E-state index is 13.9. The number of rotatable bonds is 6. The number of carbonyl (C=O) groups excluding carboxylic acids is 1. The average Bonchev–Trinajstić information content (AvgIpc) is 3.50. The molecule has 1 aromatic carbocycles. The molecule has 2 saturated carbocycles. The van der Waals surface area contributed by atoms with Crippen LogP contribution in [0.15, 0.2) is 41.8 Å². The maximum Gasteiger partial charge on any atom is 0.344 e. The number of piperidine rings is 1. The molecule has 2 bridgehead atoms. The van der Waals surface area contributed by atoms with E-state index in [0.717, 1.165) is 48.2 Å². The lowest BCUT2D eigenvalue weighted by atomic mass is 9.78. The number of aliphatic hydroxyl groups is 1. The highest BCUT2D eigenvalue weighted by Crippen LogP contribution is 2.47. The summed E-state index contributed by atoms with van der Waals surface area (Å²) in [5.74, 6) is -0.0987. The van der Waals surface area contributed by atoms with Gasteiger partial charge in [-0.2, -0.15) is 0 Å². The molecular weight excluding hydrogens is 418 g/mol. The lowest BCUT2D eigenvalue weighted by molar-refractivity contribution is -0.176. The molecule has 32 heavy (non-hydrogen) atoms. The Morgan fingerprint density at radius 3 is 2.47 bits per heavy atom. The minimum atomic E-state index is -1.68. The third kappa shape index (κ3) is 3.93. The van der Waals surface area contributed by atoms with Crippen molar-refractivity contribution in [3.63, 3.8) is 0 Å². The number of esters is 1. The van der Waals surface area contributed by atoms with Crippen LogP contribution in [0.4, 0.5) is 0 Å². The molecule has 0 amide bonds. The van der Waals surface area contributed by atoms with E-state index in [0.29, 0.717) is 11.8 Å². The molecule has 5 atom stereocenters. The highest BCUT2D eigenvalue weighted by atomic mass is 32.1. The summed E-state index contributed by atoms with van der Waals surface area (Å²) in [6, 6.07) is 12.3. The SMILES string of the molecule is CC(c1ccccc1)C(O)(C(=O)OC1C2CC[C@@H]1NC2)c1sccc1C1CCCCCC1. The second kappa shape index (κ2) is 9.28. The van der Waals surface area contributed by atoms with Gasteiger partial charge in [0.05, 0.1) is 4.88 Å². The predicted molar refractivity (Wildman–Crippen MR) is 128 cm³/mol. The average molecular weight is 454 g/mol. The van der Waals surface area contributed by atoms with Crippen molar-refractivity contribution in [1.29, 1.82) is 0 Å². The van der Waals surface area contributed by atoms with Crippen LogP contribution >= 0.6 is 11.3 Å². The number of thiophene rings is 1. The molecule has 5 heteroatoms. The van der Waals surface area contributed by atoms with Gasteiger partial charge in [0, 0.05) is 24.4 Å². The van der Waals surface area contributed by atoms with Gasteiger partial charge >= 0.3 is 5.97 Å². The van der Waals surface area contributed by atoms with E-state index < -0.39 is 17.5 Å². The van der Waals surface area contributed by atoms with Crippen molar-refractivity contribution in [3.8, 4) is 0 Å². The van der Waals surface area contributed by atoms with Crippen LogP contribution in [0.25, 0.3) is 0 Å². The highest BCUT2D eigenvalue weighted by Gasteiger charge is 2.52. The van der Waals surface area contributed by atoms with Crippen molar-refractivity contribution >= 4 is 17.3 Å². The number of carbonyl (C=O) groups is 1. The monoisotopic (exact) mass is 453 g/mol. The lowest BCUT2D eigenvalue weighted by Gasteiger charge is -2.35. The molecule has 2 N–H and O–H groups in total. The van der Waals surface area contributed by atoms with Crippen LogP contribution in [-0.4, -0.2) is 29.8 Å². The molecule has 0 spiro atoms. The fourth-order valence-electron chi connectivity index (χ4n) is 6.17. The zero-order valence-electron chi connectivity index (χ0n) is 19.0. The summed E-state index contributed by atoms with van der Waals surface area (Å²) in [6.45, 7) is 2.87. The molecule has 4 nitrogen and oxygen atoms in total. The Bertz CT molecular complexity index is 900. The standard InChI is InChI=1S/C27H35NO3S/c1-18(19-9-7-4-8-10-19)27(30,26(29)31-24-21-13-14-23(24)28-17-21)25-22(15-16-32-25)20-11-5-2-3-6-12-20/h4,7-10,15-16,18,20-21,23-24,28,30H,2-3,5-6,11-14,17H2,1H3/t18?,21?,23-,24?,27?/m0/s1. The Balaban J connectivity index is 1.52. The van der Waals surface area contributed by atoms with E-state index in [1.807, 2.05) is 42.6 Å². The quantitative estimate of drug-likeness (QED) is 0.450. The Morgan fingerprint density at radius 2 is 1.84 bits per heavy atom. The fraction of sp³-hybridized carbons (Fsp3) is 0.593. The minimum absolute atomic E-state index is 0.127. The third-order valence-electron chi connectivity index (χ3n) is 8.17. The van der Waals surface area contributed by atoms with E-state index >= 15 is 0 Å². The molecule has 2 aliphatic carbocycles. The number of benzene rings is 1. The first-order valence-corrected chi connectivity index (χ1v) is 13.3. The number of fused-ring (bicyclic) bond motifs is 2. The Morgan fingerprint density at radius 1 is 1.09 bits per heavy atom. The van der Waals surface area contributed by atoms with Crippen molar-refractivity contribution in [2.45, 2.75) is 87.9 Å². The molecule has 2 heterocycles. The summed E-state index contributed by atoms with van der Waals surface area (Å²) in [5, 5.41) is 17.8. The van der Waals surface area contributed by atoms with Gasteiger partial charge in [-0.3, -0.25) is 0 Å². The zero-order valence-corrected chi connectivity index (χ0v) is 19.8. The van der Waals surface area contributed by atoms with Crippen LogP contribution in [0.5, 0.6) is 0 Å². The van der Waals surface area contributed by atoms with Gasteiger partial charge in [-0.1, -0.05) is 62.9 Å². The summed E-state index contributed by atoms with van der Waals surface area (Å²) < 4.78 is 6.15. The topological polar surface area (TPSA) is 58.6 Å². The van der Waals surface area contributed by atoms with Gasteiger partial charge in [0.15, 0.2) is 0 Å². The molecule has 3 fully saturated rings. The van der Waals surface area contributed by atoms with E-state index in [2.05, 4.69) is 11.4 Å². The van der Waals surface area contributed by atoms with E-state index in [1.54, 1.807) is 0 Å². The van der Waals surface area contributed by atoms with Crippen molar-refractivity contribution < 1.29 is 14.6 Å². The second-order valence-electron chi connectivity index (χ2n) is 10.0. The lowest BCUT2D eigenvalue weighted by Crippen LogP contribution is -2.45. The number of hydrogen-bond donors (Lipinski definition) is 2. The summed E-state index contributed by atoms with van der Waals surface area (Å²) in [6.07, 6.45) is 9.26. The molecule has 4 unspecified atom stereocenters. The first kappa shape index (κ1) is 22.1.